The van der Waals surface area contributed by atoms with E-state index in [-0.39, 0.29) is 5.92 Å². The van der Waals surface area contributed by atoms with Crippen molar-refractivity contribution in [2.24, 2.45) is 23.7 Å². The van der Waals surface area contributed by atoms with Crippen molar-refractivity contribution in [2.45, 2.75) is 20.3 Å². The van der Waals surface area contributed by atoms with Crippen LogP contribution in [0.3, 0.4) is 0 Å². The summed E-state index contributed by atoms with van der Waals surface area (Å²) in [5.74, 6) is 2.35. The molecule has 0 saturated heterocycles. The molecule has 0 spiro atoms. The van der Waals surface area contributed by atoms with E-state index in [2.05, 4.69) is 19.1 Å². The van der Waals surface area contributed by atoms with Crippen LogP contribution in [0.25, 0.3) is 0 Å². The summed E-state index contributed by atoms with van der Waals surface area (Å²) < 4.78 is 0. The van der Waals surface area contributed by atoms with Crippen molar-refractivity contribution >= 4 is 5.78 Å². The smallest absolute Gasteiger partial charge is 0.159 e. The number of fused-ring (bicyclic) bond motifs is 2. The Morgan fingerprint density at radius 1 is 1.38 bits per heavy atom. The molecule has 2 rings (SSSR count). The van der Waals surface area contributed by atoms with Crippen LogP contribution in [0, 0.1) is 23.7 Å². The van der Waals surface area contributed by atoms with E-state index >= 15 is 0 Å². The predicted molar refractivity (Wildman–Crippen MR) is 53.2 cm³/mol. The molecule has 0 N–H and O–H groups in total. The summed E-state index contributed by atoms with van der Waals surface area (Å²) in [6, 6.07) is 0. The highest BCUT2D eigenvalue weighted by molar-refractivity contribution is 5.92. The molecule has 70 valence electrons. The first-order chi connectivity index (χ1) is 6.24. The van der Waals surface area contributed by atoms with Crippen LogP contribution in [-0.2, 0) is 4.79 Å². The van der Waals surface area contributed by atoms with E-state index in [0.29, 0.717) is 23.5 Å². The van der Waals surface area contributed by atoms with Gasteiger partial charge in [0.15, 0.2) is 5.78 Å². The second kappa shape index (κ2) is 3.13. The molecule has 0 amide bonds. The van der Waals surface area contributed by atoms with Crippen LogP contribution in [-0.4, -0.2) is 5.78 Å². The molecule has 4 atom stereocenters. The van der Waals surface area contributed by atoms with Gasteiger partial charge in [0.05, 0.1) is 0 Å². The van der Waals surface area contributed by atoms with Gasteiger partial charge in [-0.3, -0.25) is 4.79 Å². The summed E-state index contributed by atoms with van der Waals surface area (Å²) in [7, 11) is 0. The number of hydrogen-bond acceptors (Lipinski definition) is 1. The Balaban J connectivity index is 2.17. The number of carbonyl (C=O) groups excluding carboxylic acids is 1. The third-order valence-electron chi connectivity index (χ3n) is 3.51. The number of carbonyl (C=O) groups is 1. The summed E-state index contributed by atoms with van der Waals surface area (Å²) in [5, 5.41) is 0. The lowest BCUT2D eigenvalue weighted by Gasteiger charge is -2.21. The Kier molecular flexibility index (Phi) is 2.10. The van der Waals surface area contributed by atoms with Gasteiger partial charge in [0, 0.05) is 5.92 Å². The Morgan fingerprint density at radius 2 is 2.08 bits per heavy atom. The van der Waals surface area contributed by atoms with Gasteiger partial charge < -0.3 is 0 Å². The molecule has 0 aromatic heterocycles. The van der Waals surface area contributed by atoms with Gasteiger partial charge in [-0.05, 0) is 37.2 Å². The monoisotopic (exact) mass is 176 g/mol. The van der Waals surface area contributed by atoms with Crippen molar-refractivity contribution in [1.29, 1.82) is 0 Å². The van der Waals surface area contributed by atoms with E-state index in [1.807, 2.05) is 13.0 Å². The first kappa shape index (κ1) is 8.74. The molecule has 0 heterocycles. The van der Waals surface area contributed by atoms with Gasteiger partial charge in [-0.1, -0.05) is 25.2 Å². The molecule has 0 unspecified atom stereocenters. The van der Waals surface area contributed by atoms with E-state index in [1.54, 1.807) is 6.08 Å². The van der Waals surface area contributed by atoms with Gasteiger partial charge in [0.1, 0.15) is 0 Å². The van der Waals surface area contributed by atoms with Crippen molar-refractivity contribution in [3.05, 3.63) is 24.3 Å². The molecule has 13 heavy (non-hydrogen) atoms. The highest BCUT2D eigenvalue weighted by atomic mass is 16.1. The maximum atomic E-state index is 11.7. The zero-order chi connectivity index (χ0) is 9.42. The quantitative estimate of drug-likeness (QED) is 0.467. The van der Waals surface area contributed by atoms with Gasteiger partial charge in [-0.15, -0.1) is 0 Å². The first-order valence-corrected chi connectivity index (χ1v) is 5.09. The Morgan fingerprint density at radius 3 is 2.62 bits per heavy atom. The number of rotatable bonds is 2. The number of hydrogen-bond donors (Lipinski definition) is 0. The minimum atomic E-state index is 0.270. The topological polar surface area (TPSA) is 17.1 Å². The summed E-state index contributed by atoms with van der Waals surface area (Å²) >= 11 is 0. The Hall–Kier alpha value is -0.850. The second-order valence-electron chi connectivity index (χ2n) is 4.24. The van der Waals surface area contributed by atoms with Crippen molar-refractivity contribution < 1.29 is 4.79 Å². The molecule has 0 radical (unpaired) electrons. The van der Waals surface area contributed by atoms with Gasteiger partial charge in [-0.2, -0.15) is 0 Å². The third-order valence-corrected chi connectivity index (χ3v) is 3.51. The van der Waals surface area contributed by atoms with Crippen LogP contribution in [0.4, 0.5) is 0 Å². The van der Waals surface area contributed by atoms with Crippen LogP contribution in [0.1, 0.15) is 20.3 Å². The maximum absolute atomic E-state index is 11.7. The van der Waals surface area contributed by atoms with Gasteiger partial charge >= 0.3 is 0 Å². The summed E-state index contributed by atoms with van der Waals surface area (Å²) in [5.41, 5.74) is 0. The molecular weight excluding hydrogens is 160 g/mol. The Labute approximate surface area is 79.5 Å². The highest BCUT2D eigenvalue weighted by Gasteiger charge is 2.44. The molecule has 1 saturated carbocycles. The van der Waals surface area contributed by atoms with Gasteiger partial charge in [0.25, 0.3) is 0 Å². The van der Waals surface area contributed by atoms with Gasteiger partial charge in [0.2, 0.25) is 0 Å². The van der Waals surface area contributed by atoms with Crippen LogP contribution in [0.15, 0.2) is 24.3 Å². The largest absolute Gasteiger partial charge is 0.295 e. The molecule has 0 aliphatic heterocycles. The van der Waals surface area contributed by atoms with E-state index in [4.69, 9.17) is 0 Å². The minimum absolute atomic E-state index is 0.270. The van der Waals surface area contributed by atoms with Crippen molar-refractivity contribution in [3.63, 3.8) is 0 Å². The summed E-state index contributed by atoms with van der Waals surface area (Å²) in [6.07, 6.45) is 9.31. The fourth-order valence-corrected chi connectivity index (χ4v) is 2.81. The lowest BCUT2D eigenvalue weighted by Crippen LogP contribution is -2.24. The average Bonchev–Trinajstić information content (AvgIpc) is 2.63. The third kappa shape index (κ3) is 1.27. The van der Waals surface area contributed by atoms with Crippen LogP contribution < -0.4 is 0 Å². The molecule has 1 nitrogen and oxygen atoms in total. The Bertz CT molecular complexity index is 275. The van der Waals surface area contributed by atoms with Crippen LogP contribution in [0.5, 0.6) is 0 Å². The molecule has 0 aromatic rings. The zero-order valence-corrected chi connectivity index (χ0v) is 8.23. The second-order valence-corrected chi connectivity index (χ2v) is 4.24. The average molecular weight is 176 g/mol. The fraction of sp³-hybridized carbons (Fsp3) is 0.583. The molecule has 1 heteroatoms. The molecule has 1 fully saturated rings. The lowest BCUT2D eigenvalue weighted by atomic mass is 9.81. The fourth-order valence-electron chi connectivity index (χ4n) is 2.81. The summed E-state index contributed by atoms with van der Waals surface area (Å²) in [4.78, 5) is 11.7. The van der Waals surface area contributed by atoms with E-state index in [9.17, 15) is 4.79 Å². The van der Waals surface area contributed by atoms with Crippen LogP contribution in [0.2, 0.25) is 0 Å². The normalized spacial score (nSPS) is 42.0. The maximum Gasteiger partial charge on any atom is 0.159 e. The van der Waals surface area contributed by atoms with Crippen molar-refractivity contribution in [3.8, 4) is 0 Å². The van der Waals surface area contributed by atoms with E-state index in [1.165, 1.54) is 6.42 Å². The molecule has 2 aliphatic carbocycles. The van der Waals surface area contributed by atoms with Crippen molar-refractivity contribution in [1.82, 2.24) is 0 Å². The molecule has 2 aliphatic rings. The zero-order valence-electron chi connectivity index (χ0n) is 8.23. The molecule has 2 bridgehead atoms. The number of ketones is 1. The number of allylic oxidation sites excluding steroid dienone is 4. The van der Waals surface area contributed by atoms with Gasteiger partial charge in [-0.25, -0.2) is 0 Å². The highest BCUT2D eigenvalue weighted by Crippen LogP contribution is 2.48. The molecular formula is C12H16O. The summed E-state index contributed by atoms with van der Waals surface area (Å²) in [6.45, 7) is 4.12. The molecule has 0 aromatic carbocycles. The van der Waals surface area contributed by atoms with E-state index < -0.39 is 0 Å². The predicted octanol–water partition coefficient (Wildman–Crippen LogP) is 2.59. The first-order valence-electron chi connectivity index (χ1n) is 5.09. The lowest BCUT2D eigenvalue weighted by molar-refractivity contribution is -0.120. The SMILES string of the molecule is C/C=C/C(=O)[C@H]1[C@H](C)[C@H]2C=C[C@@H]1C2. The van der Waals surface area contributed by atoms with Crippen LogP contribution >= 0.6 is 0 Å². The minimum Gasteiger partial charge on any atom is -0.295 e. The standard InChI is InChI=1S/C12H16O/c1-3-4-11(13)12-8(2)9-5-6-10(12)7-9/h3-6,8-10,12H,7H2,1-2H3/b4-3+/t8-,9+,10-,12+/m1/s1. The van der Waals surface area contributed by atoms with Crippen molar-refractivity contribution in [2.75, 3.05) is 0 Å². The van der Waals surface area contributed by atoms with E-state index in [0.717, 1.165) is 0 Å².